The molecule has 4 atom stereocenters. The molecule has 0 N–H and O–H groups in total. The van der Waals surface area contributed by atoms with E-state index in [1.807, 2.05) is 6.07 Å². The van der Waals surface area contributed by atoms with Crippen molar-refractivity contribution in [2.24, 2.45) is 17.8 Å². The van der Waals surface area contributed by atoms with E-state index in [0.717, 1.165) is 6.61 Å². The minimum Gasteiger partial charge on any atom is -0.376 e. The molecule has 112 valence electrons. The molecule has 2 nitrogen and oxygen atoms in total. The van der Waals surface area contributed by atoms with Crippen LogP contribution in [0.4, 0.5) is 0 Å². The van der Waals surface area contributed by atoms with Crippen LogP contribution in [0.5, 0.6) is 0 Å². The fourth-order valence-electron chi connectivity index (χ4n) is 3.05. The standard InChI is InChI=1S/C18H28O2/c1-13(2)17-10-14(3)18(20-17)15(4)11-19-12-16-8-6-5-7-9-16/h5-9,13-15,17-18H,10-12H2,1-4H3/t14-,15+,17-,18+/m0/s1. The maximum atomic E-state index is 6.22. The fourth-order valence-corrected chi connectivity index (χ4v) is 3.05. The van der Waals surface area contributed by atoms with Crippen LogP contribution in [0.15, 0.2) is 30.3 Å². The highest BCUT2D eigenvalue weighted by Crippen LogP contribution is 2.34. The van der Waals surface area contributed by atoms with Gasteiger partial charge in [0.05, 0.1) is 25.4 Å². The summed E-state index contributed by atoms with van der Waals surface area (Å²) in [5, 5.41) is 0. The van der Waals surface area contributed by atoms with Crippen LogP contribution in [0, 0.1) is 17.8 Å². The molecular formula is C18H28O2. The van der Waals surface area contributed by atoms with Crippen LogP contribution in [-0.2, 0) is 16.1 Å². The summed E-state index contributed by atoms with van der Waals surface area (Å²) in [7, 11) is 0. The van der Waals surface area contributed by atoms with E-state index < -0.39 is 0 Å². The van der Waals surface area contributed by atoms with Crippen LogP contribution < -0.4 is 0 Å². The molecule has 0 bridgehead atoms. The lowest BCUT2D eigenvalue weighted by Crippen LogP contribution is -2.27. The van der Waals surface area contributed by atoms with Crippen molar-refractivity contribution >= 4 is 0 Å². The van der Waals surface area contributed by atoms with Gasteiger partial charge in [0.25, 0.3) is 0 Å². The van der Waals surface area contributed by atoms with Gasteiger partial charge in [-0.15, -0.1) is 0 Å². The van der Waals surface area contributed by atoms with Crippen molar-refractivity contribution in [1.82, 2.24) is 0 Å². The normalized spacial score (nSPS) is 27.9. The first-order valence-electron chi connectivity index (χ1n) is 7.85. The Bertz CT molecular complexity index is 388. The molecule has 1 fully saturated rings. The minimum absolute atomic E-state index is 0.346. The van der Waals surface area contributed by atoms with E-state index in [2.05, 4.69) is 52.0 Å². The Labute approximate surface area is 123 Å². The van der Waals surface area contributed by atoms with Gasteiger partial charge in [-0.25, -0.2) is 0 Å². The molecule has 0 amide bonds. The highest BCUT2D eigenvalue weighted by molar-refractivity contribution is 5.13. The van der Waals surface area contributed by atoms with Gasteiger partial charge in [0.2, 0.25) is 0 Å². The minimum atomic E-state index is 0.346. The van der Waals surface area contributed by atoms with E-state index in [1.165, 1.54) is 12.0 Å². The zero-order chi connectivity index (χ0) is 14.5. The van der Waals surface area contributed by atoms with Crippen molar-refractivity contribution in [3.8, 4) is 0 Å². The van der Waals surface area contributed by atoms with Crippen molar-refractivity contribution in [1.29, 1.82) is 0 Å². The summed E-state index contributed by atoms with van der Waals surface area (Å²) in [6.07, 6.45) is 1.95. The number of rotatable bonds is 6. The highest BCUT2D eigenvalue weighted by Gasteiger charge is 2.36. The van der Waals surface area contributed by atoms with Crippen LogP contribution in [-0.4, -0.2) is 18.8 Å². The smallest absolute Gasteiger partial charge is 0.0717 e. The van der Waals surface area contributed by atoms with E-state index in [0.29, 0.717) is 36.6 Å². The molecule has 1 aliphatic rings. The first-order chi connectivity index (χ1) is 9.58. The number of hydrogen-bond acceptors (Lipinski definition) is 2. The number of ether oxygens (including phenoxy) is 2. The predicted molar refractivity (Wildman–Crippen MR) is 82.5 cm³/mol. The van der Waals surface area contributed by atoms with Gasteiger partial charge in [0.15, 0.2) is 0 Å². The van der Waals surface area contributed by atoms with Gasteiger partial charge in [-0.1, -0.05) is 58.0 Å². The van der Waals surface area contributed by atoms with Crippen LogP contribution >= 0.6 is 0 Å². The summed E-state index contributed by atoms with van der Waals surface area (Å²) >= 11 is 0. The van der Waals surface area contributed by atoms with Gasteiger partial charge < -0.3 is 9.47 Å². The summed E-state index contributed by atoms with van der Waals surface area (Å²) in [6, 6.07) is 10.4. The number of benzene rings is 1. The second-order valence-corrected chi connectivity index (χ2v) is 6.57. The van der Waals surface area contributed by atoms with E-state index >= 15 is 0 Å². The largest absolute Gasteiger partial charge is 0.376 e. The molecule has 20 heavy (non-hydrogen) atoms. The Morgan fingerprint density at radius 3 is 2.50 bits per heavy atom. The molecule has 1 aromatic carbocycles. The fraction of sp³-hybridized carbons (Fsp3) is 0.667. The summed E-state index contributed by atoms with van der Waals surface area (Å²) in [4.78, 5) is 0. The maximum absolute atomic E-state index is 6.22. The van der Waals surface area contributed by atoms with Gasteiger partial charge in [-0.05, 0) is 23.8 Å². The monoisotopic (exact) mass is 276 g/mol. The molecular weight excluding hydrogens is 248 g/mol. The molecule has 1 aliphatic heterocycles. The lowest BCUT2D eigenvalue weighted by molar-refractivity contribution is -0.0400. The molecule has 2 heteroatoms. The topological polar surface area (TPSA) is 18.5 Å². The predicted octanol–water partition coefficient (Wildman–Crippen LogP) is 4.29. The molecule has 0 aromatic heterocycles. The van der Waals surface area contributed by atoms with Crippen molar-refractivity contribution < 1.29 is 9.47 Å². The molecule has 2 rings (SSSR count). The van der Waals surface area contributed by atoms with Crippen LogP contribution in [0.3, 0.4) is 0 Å². The molecule has 1 saturated heterocycles. The molecule has 0 saturated carbocycles. The van der Waals surface area contributed by atoms with E-state index in [-0.39, 0.29) is 0 Å². The molecule has 0 unspecified atom stereocenters. The second kappa shape index (κ2) is 7.24. The van der Waals surface area contributed by atoms with E-state index in [9.17, 15) is 0 Å². The van der Waals surface area contributed by atoms with Crippen molar-refractivity contribution in [3.05, 3.63) is 35.9 Å². The van der Waals surface area contributed by atoms with Crippen LogP contribution in [0.25, 0.3) is 0 Å². The van der Waals surface area contributed by atoms with Gasteiger partial charge in [0.1, 0.15) is 0 Å². The van der Waals surface area contributed by atoms with E-state index in [1.54, 1.807) is 0 Å². The molecule has 0 aliphatic carbocycles. The third kappa shape index (κ3) is 4.07. The Balaban J connectivity index is 1.76. The summed E-state index contributed by atoms with van der Waals surface area (Å²) in [6.45, 7) is 10.5. The van der Waals surface area contributed by atoms with Crippen molar-refractivity contribution in [2.75, 3.05) is 6.61 Å². The Morgan fingerprint density at radius 2 is 1.90 bits per heavy atom. The Hall–Kier alpha value is -0.860. The zero-order valence-corrected chi connectivity index (χ0v) is 13.2. The average Bonchev–Trinajstić information content (AvgIpc) is 2.82. The lowest BCUT2D eigenvalue weighted by Gasteiger charge is -2.23. The van der Waals surface area contributed by atoms with Crippen LogP contribution in [0.2, 0.25) is 0 Å². The van der Waals surface area contributed by atoms with Crippen molar-refractivity contribution in [3.63, 3.8) is 0 Å². The summed E-state index contributed by atoms with van der Waals surface area (Å²) in [5.41, 5.74) is 1.24. The summed E-state index contributed by atoms with van der Waals surface area (Å²) in [5.74, 6) is 1.70. The Morgan fingerprint density at radius 1 is 1.20 bits per heavy atom. The summed E-state index contributed by atoms with van der Waals surface area (Å²) < 4.78 is 12.1. The van der Waals surface area contributed by atoms with Gasteiger partial charge >= 0.3 is 0 Å². The molecule has 1 heterocycles. The molecule has 0 radical (unpaired) electrons. The van der Waals surface area contributed by atoms with Gasteiger partial charge in [0, 0.05) is 5.92 Å². The zero-order valence-electron chi connectivity index (χ0n) is 13.2. The third-order valence-electron chi connectivity index (χ3n) is 4.29. The highest BCUT2D eigenvalue weighted by atomic mass is 16.5. The lowest BCUT2D eigenvalue weighted by atomic mass is 9.91. The quantitative estimate of drug-likeness (QED) is 0.771. The molecule has 1 aromatic rings. The van der Waals surface area contributed by atoms with Crippen LogP contribution in [0.1, 0.15) is 39.7 Å². The van der Waals surface area contributed by atoms with E-state index in [4.69, 9.17) is 9.47 Å². The first-order valence-corrected chi connectivity index (χ1v) is 7.85. The first kappa shape index (κ1) is 15.5. The average molecular weight is 276 g/mol. The van der Waals surface area contributed by atoms with Gasteiger partial charge in [-0.3, -0.25) is 0 Å². The van der Waals surface area contributed by atoms with Gasteiger partial charge in [-0.2, -0.15) is 0 Å². The van der Waals surface area contributed by atoms with Crippen molar-refractivity contribution in [2.45, 2.75) is 52.9 Å². The SMILES string of the molecule is CC(C)[C@@H]1C[C@H](C)[C@H]([C@H](C)COCc2ccccc2)O1. The Kier molecular flexibility index (Phi) is 5.62. The molecule has 0 spiro atoms. The third-order valence-corrected chi connectivity index (χ3v) is 4.29. The maximum Gasteiger partial charge on any atom is 0.0717 e. The number of hydrogen-bond donors (Lipinski definition) is 0. The second-order valence-electron chi connectivity index (χ2n) is 6.57.